The van der Waals surface area contributed by atoms with E-state index in [1.54, 1.807) is 43.6 Å². The zero-order valence-corrected chi connectivity index (χ0v) is 16.9. The number of pyridine rings is 1. The molecule has 2 aromatic carbocycles. The molecule has 1 aromatic heterocycles. The number of halogens is 2. The van der Waals surface area contributed by atoms with Gasteiger partial charge in [0, 0.05) is 43.4 Å². The molecule has 0 aliphatic carbocycles. The molecule has 0 atom stereocenters. The molecule has 0 saturated heterocycles. The Labute approximate surface area is 174 Å². The Kier molecular flexibility index (Phi) is 6.67. The number of carbonyl (C=O) groups is 2. The van der Waals surface area contributed by atoms with Gasteiger partial charge in [-0.15, -0.1) is 0 Å². The van der Waals surface area contributed by atoms with Gasteiger partial charge in [-0.2, -0.15) is 0 Å². The van der Waals surface area contributed by atoms with Gasteiger partial charge < -0.3 is 4.90 Å². The molecule has 0 N–H and O–H groups in total. The number of hydrogen-bond donors (Lipinski definition) is 0. The van der Waals surface area contributed by atoms with Crippen molar-refractivity contribution in [1.29, 1.82) is 0 Å². The normalized spacial score (nSPS) is 10.7. The molecule has 30 heavy (non-hydrogen) atoms. The molecule has 0 aliphatic rings. The minimum absolute atomic E-state index is 0.0351. The Hall–Kier alpha value is -3.41. The van der Waals surface area contributed by atoms with Crippen LogP contribution in [0.2, 0.25) is 0 Å². The number of carbonyl (C=O) groups excluding carboxylic acids is 2. The van der Waals surface area contributed by atoms with E-state index in [0.717, 1.165) is 10.5 Å². The molecule has 1 amide bonds. The van der Waals surface area contributed by atoms with Crippen molar-refractivity contribution in [3.05, 3.63) is 83.7 Å². The van der Waals surface area contributed by atoms with Crippen LogP contribution in [-0.4, -0.2) is 23.7 Å². The number of amides is 1. The zero-order chi connectivity index (χ0) is 21.7. The van der Waals surface area contributed by atoms with Gasteiger partial charge in [0.15, 0.2) is 17.4 Å². The van der Waals surface area contributed by atoms with Crippen molar-refractivity contribution in [2.75, 3.05) is 11.9 Å². The lowest BCUT2D eigenvalue weighted by Gasteiger charge is -2.18. The van der Waals surface area contributed by atoms with Crippen LogP contribution in [0.25, 0.3) is 11.1 Å². The first kappa shape index (κ1) is 21.3. The van der Waals surface area contributed by atoms with Crippen molar-refractivity contribution < 1.29 is 18.4 Å². The van der Waals surface area contributed by atoms with E-state index in [-0.39, 0.29) is 29.4 Å². The van der Waals surface area contributed by atoms with E-state index in [9.17, 15) is 18.4 Å². The highest BCUT2D eigenvalue weighted by Gasteiger charge is 2.20. The highest BCUT2D eigenvalue weighted by molar-refractivity contribution is 5.96. The molecule has 0 spiro atoms. The number of nitrogens with zero attached hydrogens (tertiary/aromatic N) is 2. The van der Waals surface area contributed by atoms with E-state index in [1.807, 2.05) is 12.1 Å². The maximum atomic E-state index is 14.7. The molecular weight excluding hydrogens is 386 g/mol. The lowest BCUT2D eigenvalue weighted by Crippen LogP contribution is -2.26. The Morgan fingerprint density at radius 2 is 1.73 bits per heavy atom. The minimum atomic E-state index is -1.08. The van der Waals surface area contributed by atoms with E-state index in [0.29, 0.717) is 24.0 Å². The Morgan fingerprint density at radius 3 is 2.37 bits per heavy atom. The number of ketones is 1. The first-order valence-corrected chi connectivity index (χ1v) is 9.69. The van der Waals surface area contributed by atoms with Crippen molar-refractivity contribution >= 4 is 17.4 Å². The molecule has 3 aromatic rings. The highest BCUT2D eigenvalue weighted by Crippen LogP contribution is 2.30. The third-order valence-electron chi connectivity index (χ3n) is 4.98. The lowest BCUT2D eigenvalue weighted by atomic mass is 9.99. The van der Waals surface area contributed by atoms with Crippen LogP contribution in [0.1, 0.15) is 35.7 Å². The summed E-state index contributed by atoms with van der Waals surface area (Å²) in [5.74, 6) is -2.45. The third-order valence-corrected chi connectivity index (χ3v) is 4.98. The molecule has 0 unspecified atom stereocenters. The largest absolute Gasteiger partial charge is 0.313 e. The second kappa shape index (κ2) is 9.39. The van der Waals surface area contributed by atoms with Crippen molar-refractivity contribution in [2.45, 2.75) is 26.2 Å². The number of rotatable bonds is 7. The van der Waals surface area contributed by atoms with Gasteiger partial charge in [0.2, 0.25) is 5.91 Å². The van der Waals surface area contributed by atoms with Gasteiger partial charge in [0.1, 0.15) is 0 Å². The quantitative estimate of drug-likeness (QED) is 0.504. The van der Waals surface area contributed by atoms with Crippen molar-refractivity contribution in [3.8, 4) is 11.1 Å². The van der Waals surface area contributed by atoms with Crippen LogP contribution < -0.4 is 4.90 Å². The molecule has 154 valence electrons. The maximum absolute atomic E-state index is 14.7. The molecule has 1 heterocycles. The lowest BCUT2D eigenvalue weighted by molar-refractivity contribution is -0.118. The van der Waals surface area contributed by atoms with Crippen LogP contribution >= 0.6 is 0 Å². The summed E-state index contributed by atoms with van der Waals surface area (Å²) >= 11 is 0. The topological polar surface area (TPSA) is 50.3 Å². The van der Waals surface area contributed by atoms with Gasteiger partial charge in [-0.25, -0.2) is 8.78 Å². The average Bonchev–Trinajstić information content (AvgIpc) is 2.79. The Balaban J connectivity index is 1.76. The first-order chi connectivity index (χ1) is 14.4. The van der Waals surface area contributed by atoms with E-state index in [2.05, 4.69) is 4.98 Å². The van der Waals surface area contributed by atoms with Crippen LogP contribution in [0.4, 0.5) is 14.5 Å². The van der Waals surface area contributed by atoms with E-state index in [4.69, 9.17) is 0 Å². The van der Waals surface area contributed by atoms with E-state index in [1.165, 1.54) is 19.2 Å². The van der Waals surface area contributed by atoms with Crippen LogP contribution in [0, 0.1) is 11.6 Å². The predicted molar refractivity (Wildman–Crippen MR) is 112 cm³/mol. The fourth-order valence-corrected chi connectivity index (χ4v) is 3.18. The molecule has 3 rings (SSSR count). The summed E-state index contributed by atoms with van der Waals surface area (Å²) in [5.41, 5.74) is 1.90. The first-order valence-electron chi connectivity index (χ1n) is 9.69. The predicted octanol–water partition coefficient (Wildman–Crippen LogP) is 5.22. The SMILES string of the molecule is CCC(=O)N(C)c1ccc(-c2ccc(C(=O)CCc3cccnc3)cc2)c(F)c1F. The molecule has 0 fully saturated rings. The second-order valence-electron chi connectivity index (χ2n) is 6.93. The molecule has 0 radical (unpaired) electrons. The van der Waals surface area contributed by atoms with Gasteiger partial charge in [-0.3, -0.25) is 14.6 Å². The van der Waals surface area contributed by atoms with Crippen molar-refractivity contribution in [3.63, 3.8) is 0 Å². The van der Waals surface area contributed by atoms with Gasteiger partial charge in [0.25, 0.3) is 0 Å². The number of aromatic nitrogens is 1. The maximum Gasteiger partial charge on any atom is 0.226 e. The Morgan fingerprint density at radius 1 is 1.00 bits per heavy atom. The van der Waals surface area contributed by atoms with Crippen LogP contribution in [0.3, 0.4) is 0 Å². The molecular formula is C24H22F2N2O2. The fraction of sp³-hybridized carbons (Fsp3) is 0.208. The van der Waals surface area contributed by atoms with Gasteiger partial charge >= 0.3 is 0 Å². The molecule has 0 bridgehead atoms. The number of hydrogen-bond acceptors (Lipinski definition) is 3. The summed E-state index contributed by atoms with van der Waals surface area (Å²) in [6.07, 6.45) is 4.51. The zero-order valence-electron chi connectivity index (χ0n) is 16.9. The molecule has 4 nitrogen and oxygen atoms in total. The van der Waals surface area contributed by atoms with Gasteiger partial charge in [-0.05, 0) is 35.7 Å². The molecule has 6 heteroatoms. The van der Waals surface area contributed by atoms with Crippen LogP contribution in [0.5, 0.6) is 0 Å². The molecule has 0 aliphatic heterocycles. The Bertz CT molecular complexity index is 1050. The monoisotopic (exact) mass is 408 g/mol. The number of benzene rings is 2. The van der Waals surface area contributed by atoms with Crippen molar-refractivity contribution in [1.82, 2.24) is 4.98 Å². The summed E-state index contributed by atoms with van der Waals surface area (Å²) < 4.78 is 29.2. The van der Waals surface area contributed by atoms with E-state index >= 15 is 0 Å². The van der Waals surface area contributed by atoms with Gasteiger partial charge in [-0.1, -0.05) is 37.3 Å². The smallest absolute Gasteiger partial charge is 0.226 e. The van der Waals surface area contributed by atoms with Crippen LogP contribution in [0.15, 0.2) is 60.9 Å². The number of aryl methyl sites for hydroxylation is 1. The summed E-state index contributed by atoms with van der Waals surface area (Å²) in [4.78, 5) is 29.3. The van der Waals surface area contributed by atoms with Gasteiger partial charge in [0.05, 0.1) is 5.69 Å². The summed E-state index contributed by atoms with van der Waals surface area (Å²) in [6.45, 7) is 1.65. The number of anilines is 1. The van der Waals surface area contributed by atoms with Crippen LogP contribution in [-0.2, 0) is 11.2 Å². The highest BCUT2D eigenvalue weighted by atomic mass is 19.2. The fourth-order valence-electron chi connectivity index (χ4n) is 3.18. The second-order valence-corrected chi connectivity index (χ2v) is 6.93. The van der Waals surface area contributed by atoms with Crippen molar-refractivity contribution in [2.24, 2.45) is 0 Å². The molecule has 0 saturated carbocycles. The summed E-state index contributed by atoms with van der Waals surface area (Å²) in [7, 11) is 1.41. The average molecular weight is 408 g/mol. The summed E-state index contributed by atoms with van der Waals surface area (Å²) in [6, 6.07) is 13.0. The third kappa shape index (κ3) is 4.59. The number of Topliss-reactive ketones (excluding diaryl/α,β-unsaturated/α-hetero) is 1. The van der Waals surface area contributed by atoms with E-state index < -0.39 is 11.6 Å². The summed E-state index contributed by atoms with van der Waals surface area (Å²) in [5, 5.41) is 0. The standard InChI is InChI=1S/C24H22F2N2O2/c1-3-22(30)28(2)20-12-11-19(23(25)24(20)26)17-7-9-18(10-8-17)21(29)13-6-16-5-4-14-27-15-16/h4-5,7-12,14-15H,3,6,13H2,1-2H3. The minimum Gasteiger partial charge on any atom is -0.313 e.